The number of amides is 2. The standard InChI is InChI=1S/C19H18ClN3O4/c1-11-8-17(24)22-15-4-2-3-5-16(15)23(11)18(25)10-27-19(26)13-7-6-12(20)9-14(13)21/h2-7,9,11H,8,10,21H2,1H3,(H,22,24)/t11-/m0/s1. The Hall–Kier alpha value is -3.06. The highest BCUT2D eigenvalue weighted by Gasteiger charge is 2.30. The predicted octanol–water partition coefficient (Wildman–Crippen LogP) is 2.84. The highest BCUT2D eigenvalue weighted by molar-refractivity contribution is 6.31. The first kappa shape index (κ1) is 18.7. The van der Waals surface area contributed by atoms with Crippen molar-refractivity contribution < 1.29 is 19.1 Å². The molecule has 27 heavy (non-hydrogen) atoms. The van der Waals surface area contributed by atoms with Gasteiger partial charge in [-0.2, -0.15) is 0 Å². The van der Waals surface area contributed by atoms with Crippen LogP contribution in [0, 0.1) is 0 Å². The first-order chi connectivity index (χ1) is 12.9. The lowest BCUT2D eigenvalue weighted by Crippen LogP contribution is -2.41. The van der Waals surface area contributed by atoms with Gasteiger partial charge < -0.3 is 20.7 Å². The van der Waals surface area contributed by atoms with E-state index in [1.807, 2.05) is 0 Å². The van der Waals surface area contributed by atoms with Gasteiger partial charge in [-0.3, -0.25) is 9.59 Å². The number of nitrogens with one attached hydrogen (secondary N) is 1. The van der Waals surface area contributed by atoms with Crippen LogP contribution in [0.3, 0.4) is 0 Å². The Morgan fingerprint density at radius 3 is 2.78 bits per heavy atom. The molecule has 7 nitrogen and oxygen atoms in total. The normalized spacial score (nSPS) is 16.1. The molecule has 2 aromatic carbocycles. The summed E-state index contributed by atoms with van der Waals surface area (Å²) in [6, 6.07) is 11.0. The second-order valence-corrected chi connectivity index (χ2v) is 6.63. The quantitative estimate of drug-likeness (QED) is 0.622. The van der Waals surface area contributed by atoms with Gasteiger partial charge in [-0.05, 0) is 37.3 Å². The molecule has 8 heteroatoms. The number of hydrogen-bond donors (Lipinski definition) is 2. The number of nitrogens with two attached hydrogens (primary N) is 1. The molecule has 1 atom stereocenters. The van der Waals surface area contributed by atoms with Crippen molar-refractivity contribution in [2.45, 2.75) is 19.4 Å². The van der Waals surface area contributed by atoms with Crippen molar-refractivity contribution in [3.63, 3.8) is 0 Å². The molecule has 2 amide bonds. The van der Waals surface area contributed by atoms with Crippen molar-refractivity contribution in [3.8, 4) is 0 Å². The maximum atomic E-state index is 12.8. The van der Waals surface area contributed by atoms with E-state index in [0.717, 1.165) is 0 Å². The summed E-state index contributed by atoms with van der Waals surface area (Å²) in [6.07, 6.45) is 0.137. The Bertz CT molecular complexity index is 916. The predicted molar refractivity (Wildman–Crippen MR) is 103 cm³/mol. The molecule has 1 aliphatic rings. The fraction of sp³-hybridized carbons (Fsp3) is 0.211. The zero-order chi connectivity index (χ0) is 19.6. The van der Waals surface area contributed by atoms with Gasteiger partial charge in [0, 0.05) is 23.2 Å². The van der Waals surface area contributed by atoms with Gasteiger partial charge in [0.05, 0.1) is 16.9 Å². The van der Waals surface area contributed by atoms with Crippen LogP contribution in [0.15, 0.2) is 42.5 Å². The maximum Gasteiger partial charge on any atom is 0.340 e. The summed E-state index contributed by atoms with van der Waals surface area (Å²) >= 11 is 5.82. The smallest absolute Gasteiger partial charge is 0.340 e. The van der Waals surface area contributed by atoms with E-state index in [2.05, 4.69) is 5.32 Å². The number of nitrogens with zero attached hydrogens (tertiary/aromatic N) is 1. The van der Waals surface area contributed by atoms with Gasteiger partial charge in [0.15, 0.2) is 6.61 Å². The summed E-state index contributed by atoms with van der Waals surface area (Å²) in [5.74, 6) is -1.34. The minimum Gasteiger partial charge on any atom is -0.452 e. The summed E-state index contributed by atoms with van der Waals surface area (Å²) in [5, 5.41) is 3.17. The van der Waals surface area contributed by atoms with Crippen molar-refractivity contribution in [2.75, 3.05) is 22.6 Å². The van der Waals surface area contributed by atoms with E-state index in [9.17, 15) is 14.4 Å². The lowest BCUT2D eigenvalue weighted by molar-refractivity contribution is -0.122. The number of para-hydroxylation sites is 2. The first-order valence-corrected chi connectivity index (χ1v) is 8.67. The molecule has 0 saturated carbocycles. The van der Waals surface area contributed by atoms with Crippen LogP contribution >= 0.6 is 11.6 Å². The molecule has 0 saturated heterocycles. The molecule has 140 valence electrons. The van der Waals surface area contributed by atoms with Gasteiger partial charge in [-0.1, -0.05) is 23.7 Å². The number of fused-ring (bicyclic) bond motifs is 1. The maximum absolute atomic E-state index is 12.8. The van der Waals surface area contributed by atoms with Gasteiger partial charge in [0.2, 0.25) is 5.91 Å². The van der Waals surface area contributed by atoms with E-state index in [1.165, 1.54) is 23.1 Å². The zero-order valence-electron chi connectivity index (χ0n) is 14.6. The van der Waals surface area contributed by atoms with Gasteiger partial charge >= 0.3 is 5.97 Å². The van der Waals surface area contributed by atoms with Gasteiger partial charge in [0.25, 0.3) is 5.91 Å². The average molecular weight is 388 g/mol. The van der Waals surface area contributed by atoms with Gasteiger partial charge in [-0.15, -0.1) is 0 Å². The van der Waals surface area contributed by atoms with Crippen LogP contribution in [-0.2, 0) is 14.3 Å². The zero-order valence-corrected chi connectivity index (χ0v) is 15.3. The van der Waals surface area contributed by atoms with Crippen LogP contribution in [0.2, 0.25) is 5.02 Å². The van der Waals surface area contributed by atoms with Crippen molar-refractivity contribution in [2.24, 2.45) is 0 Å². The minimum absolute atomic E-state index is 0.133. The SMILES string of the molecule is C[C@H]1CC(=O)Nc2ccccc2N1C(=O)COC(=O)c1ccc(Cl)cc1N. The Balaban J connectivity index is 1.77. The topological polar surface area (TPSA) is 102 Å². The molecular weight excluding hydrogens is 370 g/mol. The Morgan fingerprint density at radius 2 is 2.04 bits per heavy atom. The summed E-state index contributed by atoms with van der Waals surface area (Å²) in [7, 11) is 0. The third kappa shape index (κ3) is 4.03. The number of esters is 1. The number of benzene rings is 2. The number of nitrogen functional groups attached to an aromatic ring is 1. The van der Waals surface area contributed by atoms with E-state index in [0.29, 0.717) is 16.4 Å². The molecule has 0 bridgehead atoms. The number of hydrogen-bond acceptors (Lipinski definition) is 5. The Morgan fingerprint density at radius 1 is 1.30 bits per heavy atom. The fourth-order valence-corrected chi connectivity index (χ4v) is 3.14. The molecule has 1 aliphatic heterocycles. The number of halogens is 1. The van der Waals surface area contributed by atoms with Crippen LogP contribution in [0.1, 0.15) is 23.7 Å². The van der Waals surface area contributed by atoms with Crippen LogP contribution in [0.4, 0.5) is 17.1 Å². The fourth-order valence-electron chi connectivity index (χ4n) is 2.96. The molecule has 3 N–H and O–H groups in total. The lowest BCUT2D eigenvalue weighted by atomic mass is 10.1. The summed E-state index contributed by atoms with van der Waals surface area (Å²) < 4.78 is 5.14. The molecule has 0 spiro atoms. The monoisotopic (exact) mass is 387 g/mol. The molecule has 3 rings (SSSR count). The molecule has 0 unspecified atom stereocenters. The van der Waals surface area contributed by atoms with Crippen molar-refractivity contribution in [1.29, 1.82) is 0 Å². The Labute approximate surface area is 161 Å². The molecule has 0 fully saturated rings. The van der Waals surface area contributed by atoms with Crippen LogP contribution in [0.5, 0.6) is 0 Å². The van der Waals surface area contributed by atoms with Gasteiger partial charge in [0.1, 0.15) is 0 Å². The number of carbonyl (C=O) groups is 3. The number of carbonyl (C=O) groups excluding carboxylic acids is 3. The highest BCUT2D eigenvalue weighted by Crippen LogP contribution is 2.31. The molecule has 2 aromatic rings. The van der Waals surface area contributed by atoms with Crippen LogP contribution < -0.4 is 16.0 Å². The lowest BCUT2D eigenvalue weighted by Gasteiger charge is -2.27. The summed E-state index contributed by atoms with van der Waals surface area (Å²) in [5.41, 5.74) is 7.16. The van der Waals surface area contributed by atoms with Crippen LogP contribution in [-0.4, -0.2) is 30.4 Å². The van der Waals surface area contributed by atoms with E-state index in [-0.39, 0.29) is 29.6 Å². The Kier molecular flexibility index (Phi) is 5.32. The van der Waals surface area contributed by atoms with Crippen molar-refractivity contribution in [3.05, 3.63) is 53.1 Å². The highest BCUT2D eigenvalue weighted by atomic mass is 35.5. The van der Waals surface area contributed by atoms with Crippen molar-refractivity contribution >= 4 is 46.4 Å². The molecule has 0 aromatic heterocycles. The molecule has 1 heterocycles. The number of anilines is 3. The van der Waals surface area contributed by atoms with E-state index in [1.54, 1.807) is 31.2 Å². The van der Waals surface area contributed by atoms with E-state index < -0.39 is 18.5 Å². The summed E-state index contributed by atoms with van der Waals surface area (Å²) in [6.45, 7) is 1.28. The number of ether oxygens (including phenoxy) is 1. The second-order valence-electron chi connectivity index (χ2n) is 6.19. The third-order valence-electron chi connectivity index (χ3n) is 4.19. The first-order valence-electron chi connectivity index (χ1n) is 8.30. The van der Waals surface area contributed by atoms with Crippen LogP contribution in [0.25, 0.3) is 0 Å². The molecular formula is C19H18ClN3O4. The van der Waals surface area contributed by atoms with Gasteiger partial charge in [-0.25, -0.2) is 4.79 Å². The molecule has 0 radical (unpaired) electrons. The van der Waals surface area contributed by atoms with E-state index in [4.69, 9.17) is 22.1 Å². The second kappa shape index (κ2) is 7.67. The number of rotatable bonds is 3. The molecule has 0 aliphatic carbocycles. The average Bonchev–Trinajstić information content (AvgIpc) is 2.73. The summed E-state index contributed by atoms with van der Waals surface area (Å²) in [4.78, 5) is 38.4. The minimum atomic E-state index is -0.720. The van der Waals surface area contributed by atoms with Crippen molar-refractivity contribution in [1.82, 2.24) is 0 Å². The largest absolute Gasteiger partial charge is 0.452 e. The van der Waals surface area contributed by atoms with E-state index >= 15 is 0 Å². The third-order valence-corrected chi connectivity index (χ3v) is 4.42.